The Morgan fingerprint density at radius 2 is 2.15 bits per heavy atom. The Balaban J connectivity index is 1.44. The van der Waals surface area contributed by atoms with Gasteiger partial charge < -0.3 is 25.1 Å². The molecule has 9 heteroatoms. The minimum Gasteiger partial charge on any atom is -0.378 e. The Bertz CT molecular complexity index is 915. The highest BCUT2D eigenvalue weighted by molar-refractivity contribution is 6.30. The Labute approximate surface area is 156 Å². The van der Waals surface area contributed by atoms with Crippen molar-refractivity contribution in [3.8, 4) is 0 Å². The summed E-state index contributed by atoms with van der Waals surface area (Å²) in [6.45, 7) is 2.16. The van der Waals surface area contributed by atoms with E-state index in [4.69, 9.17) is 22.1 Å². The lowest BCUT2D eigenvalue weighted by atomic mass is 10.2. The third-order valence-electron chi connectivity index (χ3n) is 4.56. The second kappa shape index (κ2) is 7.06. The van der Waals surface area contributed by atoms with Crippen LogP contribution < -0.4 is 16.0 Å². The predicted molar refractivity (Wildman–Crippen MR) is 100 cm³/mol. The van der Waals surface area contributed by atoms with Crippen molar-refractivity contribution >= 4 is 29.0 Å². The molecular weight excluding hydrogens is 354 g/mol. The van der Waals surface area contributed by atoms with Gasteiger partial charge in [0.2, 0.25) is 5.95 Å². The number of nitrogens with zero attached hydrogens (tertiary/aromatic N) is 5. The number of nitrogen functional groups attached to an aromatic ring is 1. The lowest BCUT2D eigenvalue weighted by Gasteiger charge is -2.17. The van der Waals surface area contributed by atoms with Crippen LogP contribution in [-0.2, 0) is 11.3 Å². The van der Waals surface area contributed by atoms with Crippen molar-refractivity contribution in [2.45, 2.75) is 18.7 Å². The number of hydrogen-bond acceptors (Lipinski definition) is 7. The van der Waals surface area contributed by atoms with Gasteiger partial charge in [-0.3, -0.25) is 0 Å². The van der Waals surface area contributed by atoms with Crippen molar-refractivity contribution in [2.75, 3.05) is 30.8 Å². The molecule has 3 N–H and O–H groups in total. The molecule has 2 atom stereocenters. The van der Waals surface area contributed by atoms with Crippen LogP contribution >= 0.6 is 11.6 Å². The second-order valence-electron chi connectivity index (χ2n) is 6.28. The monoisotopic (exact) mass is 373 g/mol. The first-order chi connectivity index (χ1) is 12.6. The van der Waals surface area contributed by atoms with Gasteiger partial charge in [0.05, 0.1) is 22.9 Å². The molecule has 4 heterocycles. The summed E-state index contributed by atoms with van der Waals surface area (Å²) in [6.07, 6.45) is 5.55. The van der Waals surface area contributed by atoms with Crippen LogP contribution in [-0.4, -0.2) is 51.7 Å². The van der Waals surface area contributed by atoms with E-state index in [1.54, 1.807) is 13.3 Å². The topological polar surface area (TPSA) is 93.6 Å². The molecule has 0 spiro atoms. The summed E-state index contributed by atoms with van der Waals surface area (Å²) < 4.78 is 7.58. The zero-order chi connectivity index (χ0) is 18.1. The largest absolute Gasteiger partial charge is 0.378 e. The molecule has 3 aromatic heterocycles. The summed E-state index contributed by atoms with van der Waals surface area (Å²) in [4.78, 5) is 15.0. The summed E-state index contributed by atoms with van der Waals surface area (Å²) in [6, 6.07) is 5.76. The van der Waals surface area contributed by atoms with Crippen molar-refractivity contribution in [3.05, 3.63) is 47.5 Å². The number of methoxy groups -OCH3 is 1. The quantitative estimate of drug-likeness (QED) is 0.697. The van der Waals surface area contributed by atoms with Crippen LogP contribution in [0.15, 0.2) is 36.8 Å². The van der Waals surface area contributed by atoms with Crippen LogP contribution in [0.5, 0.6) is 0 Å². The van der Waals surface area contributed by atoms with E-state index < -0.39 is 0 Å². The minimum absolute atomic E-state index is 0.0534. The highest BCUT2D eigenvalue weighted by Crippen LogP contribution is 2.21. The van der Waals surface area contributed by atoms with Crippen molar-refractivity contribution in [3.63, 3.8) is 0 Å². The summed E-state index contributed by atoms with van der Waals surface area (Å²) >= 11 is 6.03. The third kappa shape index (κ3) is 3.44. The first kappa shape index (κ1) is 17.0. The van der Waals surface area contributed by atoms with Crippen molar-refractivity contribution in [1.82, 2.24) is 24.7 Å². The summed E-state index contributed by atoms with van der Waals surface area (Å²) in [5.41, 5.74) is 7.52. The number of nitrogens with one attached hydrogen (secondary N) is 1. The van der Waals surface area contributed by atoms with E-state index in [9.17, 15) is 0 Å². The van der Waals surface area contributed by atoms with Crippen LogP contribution in [0.3, 0.4) is 0 Å². The van der Waals surface area contributed by atoms with E-state index in [1.807, 2.05) is 35.0 Å². The maximum atomic E-state index is 6.03. The van der Waals surface area contributed by atoms with Crippen LogP contribution in [0, 0.1) is 0 Å². The van der Waals surface area contributed by atoms with E-state index >= 15 is 0 Å². The zero-order valence-corrected chi connectivity index (χ0v) is 15.1. The number of imidazole rings is 1. The Morgan fingerprint density at radius 1 is 1.27 bits per heavy atom. The lowest BCUT2D eigenvalue weighted by molar-refractivity contribution is 0.0966. The molecule has 1 fully saturated rings. The van der Waals surface area contributed by atoms with E-state index in [2.05, 4.69) is 25.2 Å². The number of aromatic nitrogens is 4. The Hall–Kier alpha value is -2.42. The zero-order valence-electron chi connectivity index (χ0n) is 14.3. The fourth-order valence-corrected chi connectivity index (χ4v) is 3.44. The highest BCUT2D eigenvalue weighted by Gasteiger charge is 2.33. The fraction of sp³-hybridized carbons (Fsp3) is 0.353. The number of halogens is 1. The van der Waals surface area contributed by atoms with E-state index in [-0.39, 0.29) is 18.1 Å². The van der Waals surface area contributed by atoms with Gasteiger partial charge in [-0.15, -0.1) is 0 Å². The number of pyridine rings is 1. The van der Waals surface area contributed by atoms with Gasteiger partial charge >= 0.3 is 0 Å². The summed E-state index contributed by atoms with van der Waals surface area (Å²) in [7, 11) is 1.73. The summed E-state index contributed by atoms with van der Waals surface area (Å²) in [5, 5.41) is 4.22. The van der Waals surface area contributed by atoms with Crippen molar-refractivity contribution in [1.29, 1.82) is 0 Å². The van der Waals surface area contributed by atoms with Gasteiger partial charge in [-0.05, 0) is 18.2 Å². The first-order valence-corrected chi connectivity index (χ1v) is 8.73. The standard InChI is InChI=1S/C17H20ClN7O/c1-26-14-10-25(16-4-5-20-17(19)23-16)9-13(14)21-6-12-8-24-7-11(18)2-3-15(24)22-12/h2-5,7-8,13-14,21H,6,9-10H2,1H3,(H2,19,20,23)/t13-,14+/m0/s1. The molecule has 1 aliphatic rings. The molecule has 26 heavy (non-hydrogen) atoms. The minimum atomic E-state index is 0.0534. The van der Waals surface area contributed by atoms with Gasteiger partial charge in [-0.25, -0.2) is 9.97 Å². The number of rotatable bonds is 5. The first-order valence-electron chi connectivity index (χ1n) is 8.35. The maximum Gasteiger partial charge on any atom is 0.221 e. The van der Waals surface area contributed by atoms with E-state index in [0.29, 0.717) is 11.6 Å². The molecule has 0 bridgehead atoms. The average Bonchev–Trinajstić information content (AvgIpc) is 3.22. The van der Waals surface area contributed by atoms with Gasteiger partial charge in [-0.1, -0.05) is 11.6 Å². The molecule has 4 rings (SSSR count). The molecule has 0 aromatic carbocycles. The van der Waals surface area contributed by atoms with Gasteiger partial charge in [0, 0.05) is 45.3 Å². The molecule has 1 saturated heterocycles. The van der Waals surface area contributed by atoms with Crippen LogP contribution in [0.1, 0.15) is 5.69 Å². The van der Waals surface area contributed by atoms with Crippen LogP contribution in [0.4, 0.5) is 11.8 Å². The smallest absolute Gasteiger partial charge is 0.221 e. The molecule has 136 valence electrons. The van der Waals surface area contributed by atoms with Gasteiger partial charge in [0.15, 0.2) is 0 Å². The number of ether oxygens (including phenoxy) is 1. The average molecular weight is 374 g/mol. The molecule has 3 aromatic rings. The molecule has 1 aliphatic heterocycles. The predicted octanol–water partition coefficient (Wildman–Crippen LogP) is 1.35. The Kier molecular flexibility index (Phi) is 4.62. The van der Waals surface area contributed by atoms with Gasteiger partial charge in [0.25, 0.3) is 0 Å². The normalized spacial score (nSPS) is 20.2. The van der Waals surface area contributed by atoms with Crippen molar-refractivity contribution in [2.24, 2.45) is 0 Å². The van der Waals surface area contributed by atoms with Crippen LogP contribution in [0.25, 0.3) is 5.65 Å². The van der Waals surface area contributed by atoms with Crippen LogP contribution in [0.2, 0.25) is 5.02 Å². The van der Waals surface area contributed by atoms with E-state index in [1.165, 1.54) is 0 Å². The molecule has 0 aliphatic carbocycles. The lowest BCUT2D eigenvalue weighted by Crippen LogP contribution is -2.39. The number of nitrogens with two attached hydrogens (primary N) is 1. The molecule has 0 unspecified atom stereocenters. The van der Waals surface area contributed by atoms with Crippen molar-refractivity contribution < 1.29 is 4.74 Å². The SMILES string of the molecule is CO[C@@H]1CN(c2ccnc(N)n2)C[C@@H]1NCc1cn2cc(Cl)ccc2n1. The molecule has 0 saturated carbocycles. The third-order valence-corrected chi connectivity index (χ3v) is 4.79. The summed E-state index contributed by atoms with van der Waals surface area (Å²) in [5.74, 6) is 1.09. The Morgan fingerprint density at radius 3 is 2.96 bits per heavy atom. The molecular formula is C17H20ClN7O. The molecule has 0 amide bonds. The van der Waals surface area contributed by atoms with E-state index in [0.717, 1.165) is 30.2 Å². The molecule has 8 nitrogen and oxygen atoms in total. The fourth-order valence-electron chi connectivity index (χ4n) is 3.27. The number of fused-ring (bicyclic) bond motifs is 1. The maximum absolute atomic E-state index is 6.03. The number of hydrogen-bond donors (Lipinski definition) is 2. The highest BCUT2D eigenvalue weighted by atomic mass is 35.5. The van der Waals surface area contributed by atoms with Gasteiger partial charge in [-0.2, -0.15) is 4.98 Å². The second-order valence-corrected chi connectivity index (χ2v) is 6.72. The molecule has 0 radical (unpaired) electrons. The number of anilines is 2. The van der Waals surface area contributed by atoms with Gasteiger partial charge in [0.1, 0.15) is 11.5 Å².